The first-order valence-corrected chi connectivity index (χ1v) is 6.50. The van der Waals surface area contributed by atoms with Crippen LogP contribution < -0.4 is 11.3 Å². The lowest BCUT2D eigenvalue weighted by Crippen LogP contribution is -2.29. The summed E-state index contributed by atoms with van der Waals surface area (Å²) in [5, 5.41) is 5.40. The number of rotatable bonds is 3. The Balaban J connectivity index is 2.09. The first-order valence-electron chi connectivity index (χ1n) is 6.50. The summed E-state index contributed by atoms with van der Waals surface area (Å²) in [6.07, 6.45) is 3.65. The van der Waals surface area contributed by atoms with Crippen LogP contribution in [0.3, 0.4) is 0 Å². The number of hydrogen-bond acceptors (Lipinski definition) is 4. The van der Waals surface area contributed by atoms with Crippen LogP contribution in [0.2, 0.25) is 0 Å². The third-order valence-electron chi connectivity index (χ3n) is 3.71. The number of nitrogens with zero attached hydrogens (tertiary/aromatic N) is 3. The second-order valence-electron chi connectivity index (χ2n) is 4.86. The highest BCUT2D eigenvalue weighted by Gasteiger charge is 2.17. The highest BCUT2D eigenvalue weighted by Crippen LogP contribution is 2.26. The molecular weight excluding hydrogens is 250 g/mol. The zero-order chi connectivity index (χ0) is 14.1. The normalized spacial score (nSPS) is 12.8. The van der Waals surface area contributed by atoms with Gasteiger partial charge in [-0.15, -0.1) is 0 Å². The molecule has 1 aromatic carbocycles. The Kier molecular flexibility index (Phi) is 3.22. The Morgan fingerprint density at radius 3 is 2.85 bits per heavy atom. The fourth-order valence-electron chi connectivity index (χ4n) is 2.43. The van der Waals surface area contributed by atoms with Crippen molar-refractivity contribution in [1.29, 1.82) is 0 Å². The van der Waals surface area contributed by atoms with Gasteiger partial charge in [-0.2, -0.15) is 5.10 Å². The second kappa shape index (κ2) is 5.03. The van der Waals surface area contributed by atoms with Crippen molar-refractivity contribution < 1.29 is 0 Å². The van der Waals surface area contributed by atoms with Crippen LogP contribution >= 0.6 is 0 Å². The molecule has 3 rings (SSSR count). The van der Waals surface area contributed by atoms with Gasteiger partial charge in [-0.3, -0.25) is 15.5 Å². The summed E-state index contributed by atoms with van der Waals surface area (Å²) < 4.78 is 1.85. The minimum atomic E-state index is -0.0879. The number of aromatic nitrogens is 3. The number of nitrogens with two attached hydrogens (primary N) is 1. The zero-order valence-corrected chi connectivity index (χ0v) is 11.5. The molecular formula is C15H17N5. The number of pyridine rings is 1. The summed E-state index contributed by atoms with van der Waals surface area (Å²) in [7, 11) is 1.92. The molecule has 0 aliphatic heterocycles. The van der Waals surface area contributed by atoms with Crippen molar-refractivity contribution in [3.8, 4) is 0 Å². The maximum Gasteiger partial charge on any atom is 0.0744 e. The van der Waals surface area contributed by atoms with Crippen molar-refractivity contribution in [1.82, 2.24) is 20.2 Å². The summed E-state index contributed by atoms with van der Waals surface area (Å²) in [4.78, 5) is 4.39. The van der Waals surface area contributed by atoms with Crippen LogP contribution in [0.4, 0.5) is 0 Å². The average Bonchev–Trinajstić information content (AvgIpc) is 2.80. The molecule has 5 nitrogen and oxygen atoms in total. The monoisotopic (exact) mass is 267 g/mol. The first-order chi connectivity index (χ1) is 9.70. The van der Waals surface area contributed by atoms with Crippen molar-refractivity contribution in [2.75, 3.05) is 0 Å². The minimum Gasteiger partial charge on any atom is -0.273 e. The van der Waals surface area contributed by atoms with Gasteiger partial charge in [-0.25, -0.2) is 5.43 Å². The maximum atomic E-state index is 5.75. The molecule has 0 bridgehead atoms. The number of benzene rings is 1. The van der Waals surface area contributed by atoms with Gasteiger partial charge in [0.15, 0.2) is 0 Å². The van der Waals surface area contributed by atoms with E-state index in [1.165, 1.54) is 0 Å². The molecule has 0 amide bonds. The van der Waals surface area contributed by atoms with Crippen LogP contribution in [0.5, 0.6) is 0 Å². The van der Waals surface area contributed by atoms with E-state index in [9.17, 15) is 0 Å². The summed E-state index contributed by atoms with van der Waals surface area (Å²) in [5.41, 5.74) is 7.08. The van der Waals surface area contributed by atoms with Crippen molar-refractivity contribution in [3.05, 3.63) is 59.5 Å². The molecule has 2 heterocycles. The van der Waals surface area contributed by atoms with E-state index in [4.69, 9.17) is 5.84 Å². The first kappa shape index (κ1) is 12.8. The molecule has 1 atom stereocenters. The molecule has 3 N–H and O–H groups in total. The van der Waals surface area contributed by atoms with E-state index in [-0.39, 0.29) is 6.04 Å². The highest BCUT2D eigenvalue weighted by molar-refractivity contribution is 5.79. The zero-order valence-electron chi connectivity index (χ0n) is 11.5. The van der Waals surface area contributed by atoms with Crippen LogP contribution in [0.25, 0.3) is 10.9 Å². The maximum absolute atomic E-state index is 5.75. The van der Waals surface area contributed by atoms with Crippen molar-refractivity contribution in [3.63, 3.8) is 0 Å². The van der Waals surface area contributed by atoms with Gasteiger partial charge in [0.05, 0.1) is 17.8 Å². The summed E-state index contributed by atoms with van der Waals surface area (Å²) in [6, 6.07) is 10.1. The summed E-state index contributed by atoms with van der Waals surface area (Å²) in [5.74, 6) is 5.75. The predicted molar refractivity (Wildman–Crippen MR) is 78.9 cm³/mol. The van der Waals surface area contributed by atoms with E-state index in [1.807, 2.05) is 37.0 Å². The number of fused-ring (bicyclic) bond motifs is 1. The molecule has 0 saturated carbocycles. The van der Waals surface area contributed by atoms with Gasteiger partial charge in [0.1, 0.15) is 0 Å². The quantitative estimate of drug-likeness (QED) is 0.561. The lowest BCUT2D eigenvalue weighted by molar-refractivity contribution is 0.631. The van der Waals surface area contributed by atoms with Crippen LogP contribution in [-0.2, 0) is 7.05 Å². The molecule has 1 unspecified atom stereocenters. The van der Waals surface area contributed by atoms with Crippen molar-refractivity contribution in [2.45, 2.75) is 13.0 Å². The van der Waals surface area contributed by atoms with Gasteiger partial charge in [0.2, 0.25) is 0 Å². The molecule has 3 aromatic rings. The molecule has 20 heavy (non-hydrogen) atoms. The number of nitrogens with one attached hydrogen (secondary N) is 1. The van der Waals surface area contributed by atoms with Crippen molar-refractivity contribution >= 4 is 10.9 Å². The smallest absolute Gasteiger partial charge is 0.0744 e. The second-order valence-corrected chi connectivity index (χ2v) is 4.86. The van der Waals surface area contributed by atoms with E-state index >= 15 is 0 Å². The fourth-order valence-corrected chi connectivity index (χ4v) is 2.43. The molecule has 0 spiro atoms. The van der Waals surface area contributed by atoms with Gasteiger partial charge in [0, 0.05) is 29.9 Å². The molecule has 0 radical (unpaired) electrons. The third-order valence-corrected chi connectivity index (χ3v) is 3.71. The largest absolute Gasteiger partial charge is 0.273 e. The van der Waals surface area contributed by atoms with Gasteiger partial charge in [-0.05, 0) is 24.6 Å². The Labute approximate surface area is 117 Å². The standard InChI is InChI=1S/C15H17N5/c1-10-13(9-18-20(10)2)15(19-16)12-6-5-11-4-3-7-17-14(11)8-12/h3-9,15,19H,16H2,1-2H3. The molecule has 0 aliphatic carbocycles. The summed E-state index contributed by atoms with van der Waals surface area (Å²) in [6.45, 7) is 2.03. The SMILES string of the molecule is Cc1c(C(NN)c2ccc3cccnc3c2)cnn1C. The van der Waals surface area contributed by atoms with Crippen LogP contribution in [0, 0.1) is 6.92 Å². The van der Waals surface area contributed by atoms with E-state index in [1.54, 1.807) is 6.20 Å². The van der Waals surface area contributed by atoms with E-state index < -0.39 is 0 Å². The van der Waals surface area contributed by atoms with Crippen molar-refractivity contribution in [2.24, 2.45) is 12.9 Å². The van der Waals surface area contributed by atoms with E-state index in [2.05, 4.69) is 33.7 Å². The van der Waals surface area contributed by atoms with Gasteiger partial charge in [0.25, 0.3) is 0 Å². The number of hydrogen-bond donors (Lipinski definition) is 2. The molecule has 0 aliphatic rings. The molecule has 0 saturated heterocycles. The Bertz CT molecular complexity index is 747. The van der Waals surface area contributed by atoms with Crippen LogP contribution in [-0.4, -0.2) is 14.8 Å². The molecule has 0 fully saturated rings. The number of aryl methyl sites for hydroxylation is 1. The Hall–Kier alpha value is -2.24. The van der Waals surface area contributed by atoms with Crippen LogP contribution in [0.1, 0.15) is 22.9 Å². The Morgan fingerprint density at radius 2 is 2.15 bits per heavy atom. The topological polar surface area (TPSA) is 68.8 Å². The molecule has 102 valence electrons. The van der Waals surface area contributed by atoms with E-state index in [0.717, 1.165) is 27.7 Å². The van der Waals surface area contributed by atoms with Gasteiger partial charge < -0.3 is 0 Å². The third kappa shape index (κ3) is 2.07. The van der Waals surface area contributed by atoms with Gasteiger partial charge >= 0.3 is 0 Å². The summed E-state index contributed by atoms with van der Waals surface area (Å²) >= 11 is 0. The van der Waals surface area contributed by atoms with E-state index in [0.29, 0.717) is 0 Å². The highest BCUT2D eigenvalue weighted by atomic mass is 15.3. The molecule has 2 aromatic heterocycles. The molecule has 5 heteroatoms. The fraction of sp³-hybridized carbons (Fsp3) is 0.200. The lowest BCUT2D eigenvalue weighted by atomic mass is 9.98. The predicted octanol–water partition coefficient (Wildman–Crippen LogP) is 1.83. The average molecular weight is 267 g/mol. The Morgan fingerprint density at radius 1 is 1.30 bits per heavy atom. The minimum absolute atomic E-state index is 0.0879. The number of hydrazine groups is 1. The van der Waals surface area contributed by atoms with Gasteiger partial charge in [-0.1, -0.05) is 18.2 Å². The lowest BCUT2D eigenvalue weighted by Gasteiger charge is -2.16. The van der Waals surface area contributed by atoms with Crippen LogP contribution in [0.15, 0.2) is 42.7 Å².